The van der Waals surface area contributed by atoms with Crippen molar-refractivity contribution in [1.29, 1.82) is 0 Å². The van der Waals surface area contributed by atoms with E-state index in [1.165, 1.54) is 52.8 Å². The second-order valence-corrected chi connectivity index (χ2v) is 9.60. The van der Waals surface area contributed by atoms with Crippen LogP contribution in [0.2, 0.25) is 0 Å². The molecule has 0 aromatic heterocycles. The first-order chi connectivity index (χ1) is 13.2. The number of hydrogen-bond donors (Lipinski definition) is 2. The number of benzene rings is 2. The van der Waals surface area contributed by atoms with E-state index in [1.54, 1.807) is 0 Å². The van der Waals surface area contributed by atoms with Crippen molar-refractivity contribution in [3.8, 4) is 0 Å². The van der Waals surface area contributed by atoms with Crippen molar-refractivity contribution in [2.75, 3.05) is 31.0 Å². The Kier molecular flexibility index (Phi) is 5.70. The van der Waals surface area contributed by atoms with E-state index in [1.807, 2.05) is 0 Å². The molecule has 0 amide bonds. The lowest BCUT2D eigenvalue weighted by molar-refractivity contribution is 0.0696. The summed E-state index contributed by atoms with van der Waals surface area (Å²) in [5, 5.41) is 8.89. The van der Waals surface area contributed by atoms with Gasteiger partial charge < -0.3 is 9.84 Å². The number of nitrogens with zero attached hydrogens (tertiary/aromatic N) is 1. The summed E-state index contributed by atoms with van der Waals surface area (Å²) in [5.41, 5.74) is 0.0363. The van der Waals surface area contributed by atoms with Crippen molar-refractivity contribution in [1.82, 2.24) is 4.31 Å². The van der Waals surface area contributed by atoms with Gasteiger partial charge in [-0.25, -0.2) is 21.6 Å². The van der Waals surface area contributed by atoms with Gasteiger partial charge in [-0.15, -0.1) is 0 Å². The number of hydrogen-bond acceptors (Lipinski definition) is 6. The molecule has 1 saturated heterocycles. The molecule has 1 heterocycles. The summed E-state index contributed by atoms with van der Waals surface area (Å²) in [5.74, 6) is -1.17. The van der Waals surface area contributed by atoms with Gasteiger partial charge in [0.05, 0.1) is 34.3 Å². The minimum atomic E-state index is -4.01. The molecule has 0 spiro atoms. The fourth-order valence-electron chi connectivity index (χ4n) is 2.65. The van der Waals surface area contributed by atoms with Crippen LogP contribution in [-0.4, -0.2) is 58.5 Å². The molecule has 2 N–H and O–H groups in total. The Balaban J connectivity index is 1.84. The van der Waals surface area contributed by atoms with E-state index in [0.717, 1.165) is 0 Å². The molecule has 0 atom stereocenters. The van der Waals surface area contributed by atoms with Gasteiger partial charge in [-0.2, -0.15) is 4.31 Å². The average molecular weight is 426 g/mol. The molecule has 2 aromatic rings. The summed E-state index contributed by atoms with van der Waals surface area (Å²) in [6, 6.07) is 10.2. The summed E-state index contributed by atoms with van der Waals surface area (Å²) in [4.78, 5) is 10.7. The maximum Gasteiger partial charge on any atom is 0.335 e. The Morgan fingerprint density at radius 2 is 1.61 bits per heavy atom. The van der Waals surface area contributed by atoms with Crippen LogP contribution in [-0.2, 0) is 24.8 Å². The minimum Gasteiger partial charge on any atom is -0.478 e. The van der Waals surface area contributed by atoms with E-state index in [9.17, 15) is 21.6 Å². The summed E-state index contributed by atoms with van der Waals surface area (Å²) in [6.45, 7) is 1.07. The third-order valence-electron chi connectivity index (χ3n) is 4.11. The second-order valence-electron chi connectivity index (χ2n) is 5.98. The highest BCUT2D eigenvalue weighted by molar-refractivity contribution is 7.92. The quantitative estimate of drug-likeness (QED) is 0.710. The number of carboxylic acids is 1. The molecule has 0 radical (unpaired) electrons. The Morgan fingerprint density at radius 3 is 2.21 bits per heavy atom. The smallest absolute Gasteiger partial charge is 0.335 e. The van der Waals surface area contributed by atoms with E-state index in [4.69, 9.17) is 9.84 Å². The summed E-state index contributed by atoms with van der Waals surface area (Å²) in [7, 11) is -7.78. The van der Waals surface area contributed by atoms with Crippen LogP contribution in [0.15, 0.2) is 58.3 Å². The third kappa shape index (κ3) is 4.33. The van der Waals surface area contributed by atoms with Crippen LogP contribution in [0.4, 0.5) is 5.69 Å². The normalized spacial score (nSPS) is 15.9. The van der Waals surface area contributed by atoms with E-state index in [2.05, 4.69) is 4.72 Å². The van der Waals surface area contributed by atoms with Gasteiger partial charge in [0, 0.05) is 13.1 Å². The van der Waals surface area contributed by atoms with Crippen molar-refractivity contribution in [2.24, 2.45) is 0 Å². The monoisotopic (exact) mass is 426 g/mol. The molecule has 2 aromatic carbocycles. The number of ether oxygens (including phenoxy) is 1. The van der Waals surface area contributed by atoms with Gasteiger partial charge in [0.1, 0.15) is 0 Å². The van der Waals surface area contributed by atoms with Gasteiger partial charge in [0.2, 0.25) is 10.0 Å². The van der Waals surface area contributed by atoms with Crippen LogP contribution in [0.5, 0.6) is 0 Å². The number of anilines is 1. The molecule has 1 aliphatic rings. The van der Waals surface area contributed by atoms with E-state index in [-0.39, 0.29) is 34.1 Å². The molecule has 11 heteroatoms. The molecule has 0 unspecified atom stereocenters. The fraction of sp³-hybridized carbons (Fsp3) is 0.235. The zero-order valence-corrected chi connectivity index (χ0v) is 16.2. The van der Waals surface area contributed by atoms with Crippen LogP contribution in [0.25, 0.3) is 0 Å². The van der Waals surface area contributed by atoms with Crippen molar-refractivity contribution in [3.05, 3.63) is 54.1 Å². The molecule has 28 heavy (non-hydrogen) atoms. The number of morpholine rings is 1. The second kappa shape index (κ2) is 7.87. The highest BCUT2D eigenvalue weighted by Crippen LogP contribution is 2.23. The van der Waals surface area contributed by atoms with Crippen molar-refractivity contribution < 1.29 is 31.5 Å². The average Bonchev–Trinajstić information content (AvgIpc) is 2.68. The summed E-state index contributed by atoms with van der Waals surface area (Å²) < 4.78 is 59.2. The van der Waals surface area contributed by atoms with Gasteiger partial charge in [-0.3, -0.25) is 4.72 Å². The van der Waals surface area contributed by atoms with Crippen LogP contribution in [0.1, 0.15) is 10.4 Å². The SMILES string of the molecule is O=C(O)c1ccc(S(=O)(=O)Nc2cccc(S(=O)(=O)N3CCOCC3)c2)cc1. The van der Waals surface area contributed by atoms with Gasteiger partial charge >= 0.3 is 5.97 Å². The largest absolute Gasteiger partial charge is 0.478 e. The Morgan fingerprint density at radius 1 is 0.964 bits per heavy atom. The lowest BCUT2D eigenvalue weighted by atomic mass is 10.2. The maximum absolute atomic E-state index is 12.7. The molecule has 0 saturated carbocycles. The predicted molar refractivity (Wildman–Crippen MR) is 100 cm³/mol. The molecule has 1 aliphatic heterocycles. The molecule has 0 bridgehead atoms. The van der Waals surface area contributed by atoms with Gasteiger partial charge in [-0.1, -0.05) is 6.07 Å². The maximum atomic E-state index is 12.7. The van der Waals surface area contributed by atoms with E-state index in [0.29, 0.717) is 13.2 Å². The molecule has 1 fully saturated rings. The first-order valence-corrected chi connectivity index (χ1v) is 11.2. The highest BCUT2D eigenvalue weighted by Gasteiger charge is 2.26. The van der Waals surface area contributed by atoms with Crippen LogP contribution in [0.3, 0.4) is 0 Å². The number of carboxylic acid groups (broad SMARTS) is 1. The minimum absolute atomic E-state index is 0.0316. The fourth-order valence-corrected chi connectivity index (χ4v) is 5.15. The van der Waals surface area contributed by atoms with Gasteiger partial charge in [0.25, 0.3) is 10.0 Å². The zero-order valence-electron chi connectivity index (χ0n) is 14.6. The molecule has 9 nitrogen and oxygen atoms in total. The van der Waals surface area contributed by atoms with Crippen molar-refractivity contribution in [2.45, 2.75) is 9.79 Å². The lowest BCUT2D eigenvalue weighted by Crippen LogP contribution is -2.40. The summed E-state index contributed by atoms with van der Waals surface area (Å²) >= 11 is 0. The first-order valence-electron chi connectivity index (χ1n) is 8.24. The lowest BCUT2D eigenvalue weighted by Gasteiger charge is -2.26. The Bertz CT molecular complexity index is 1070. The van der Waals surface area contributed by atoms with Gasteiger partial charge in [-0.05, 0) is 42.5 Å². The van der Waals surface area contributed by atoms with Gasteiger partial charge in [0.15, 0.2) is 0 Å². The summed E-state index contributed by atoms with van der Waals surface area (Å²) in [6.07, 6.45) is 0. The molecule has 0 aliphatic carbocycles. The highest BCUT2D eigenvalue weighted by atomic mass is 32.2. The van der Waals surface area contributed by atoms with E-state index >= 15 is 0 Å². The number of nitrogens with one attached hydrogen (secondary N) is 1. The molecular formula is C17H18N2O7S2. The van der Waals surface area contributed by atoms with Crippen LogP contribution >= 0.6 is 0 Å². The Labute approximate surface area is 162 Å². The number of sulfonamides is 2. The molecular weight excluding hydrogens is 408 g/mol. The number of rotatable bonds is 6. The molecule has 150 valence electrons. The zero-order chi connectivity index (χ0) is 20.4. The van der Waals surface area contributed by atoms with E-state index < -0.39 is 26.0 Å². The Hall–Kier alpha value is -2.47. The predicted octanol–water partition coefficient (Wildman–Crippen LogP) is 1.21. The third-order valence-corrected chi connectivity index (χ3v) is 7.40. The van der Waals surface area contributed by atoms with Crippen LogP contribution < -0.4 is 4.72 Å². The standard InChI is InChI=1S/C17H18N2O7S2/c20-17(21)13-4-6-15(7-5-13)27(22,23)18-14-2-1-3-16(12-14)28(24,25)19-8-10-26-11-9-19/h1-7,12,18H,8-11H2,(H,20,21). The first kappa shape index (κ1) is 20.3. The van der Waals surface area contributed by atoms with Crippen molar-refractivity contribution >= 4 is 31.7 Å². The molecule has 3 rings (SSSR count). The van der Waals surface area contributed by atoms with Crippen LogP contribution in [0, 0.1) is 0 Å². The number of aromatic carboxylic acids is 1. The topological polar surface area (TPSA) is 130 Å². The number of carbonyl (C=O) groups is 1. The van der Waals surface area contributed by atoms with Crippen molar-refractivity contribution in [3.63, 3.8) is 0 Å².